The molecule has 0 aliphatic carbocycles. The van der Waals surface area contributed by atoms with Gasteiger partial charge in [-0.2, -0.15) is 0 Å². The highest BCUT2D eigenvalue weighted by Crippen LogP contribution is 2.58. The van der Waals surface area contributed by atoms with Crippen LogP contribution in [0.2, 0.25) is 0 Å². The van der Waals surface area contributed by atoms with Gasteiger partial charge >= 0.3 is 5.97 Å². The third kappa shape index (κ3) is 3.54. The molecule has 0 saturated carbocycles. The number of carboxylic acid groups (broad SMARTS) is 1. The zero-order chi connectivity index (χ0) is 22.3. The molecule has 0 aromatic heterocycles. The van der Waals surface area contributed by atoms with Crippen LogP contribution in [-0.2, 0) is 19.1 Å². The summed E-state index contributed by atoms with van der Waals surface area (Å²) >= 11 is 0. The molecule has 0 aromatic rings. The molecule has 30 heavy (non-hydrogen) atoms. The van der Waals surface area contributed by atoms with Gasteiger partial charge in [-0.1, -0.05) is 6.08 Å². The largest absolute Gasteiger partial charge is 0.481 e. The molecule has 2 unspecified atom stereocenters. The maximum atomic E-state index is 13.8. The molecule has 3 heterocycles. The van der Waals surface area contributed by atoms with Crippen LogP contribution in [0, 0.1) is 11.8 Å². The molecule has 1 spiro atoms. The Balaban J connectivity index is 1.99. The fourth-order valence-electron chi connectivity index (χ4n) is 5.50. The number of carbonyl (C=O) groups is 3. The number of rotatable bonds is 9. The van der Waals surface area contributed by atoms with E-state index in [1.165, 1.54) is 0 Å². The van der Waals surface area contributed by atoms with Crippen LogP contribution in [-0.4, -0.2) is 80.8 Å². The van der Waals surface area contributed by atoms with Gasteiger partial charge in [0.25, 0.3) is 0 Å². The second-order valence-corrected chi connectivity index (χ2v) is 9.62. The van der Waals surface area contributed by atoms with Gasteiger partial charge in [0.2, 0.25) is 11.8 Å². The Kier molecular flexibility index (Phi) is 6.30. The molecule has 3 fully saturated rings. The van der Waals surface area contributed by atoms with Gasteiger partial charge in [-0.15, -0.1) is 6.58 Å². The average molecular weight is 423 g/mol. The summed E-state index contributed by atoms with van der Waals surface area (Å²) in [5, 5.41) is 18.8. The highest BCUT2D eigenvalue weighted by atomic mass is 16.5. The van der Waals surface area contributed by atoms with Crippen molar-refractivity contribution in [2.24, 2.45) is 11.8 Å². The van der Waals surface area contributed by atoms with Crippen molar-refractivity contribution in [1.29, 1.82) is 0 Å². The van der Waals surface area contributed by atoms with E-state index in [-0.39, 0.29) is 18.4 Å². The summed E-state index contributed by atoms with van der Waals surface area (Å²) in [6.45, 7) is 10.3. The molecule has 5 atom stereocenters. The van der Waals surface area contributed by atoms with Gasteiger partial charge in [0.15, 0.2) is 0 Å². The number of carbonyl (C=O) groups excluding carboxylic acids is 2. The predicted octanol–water partition coefficient (Wildman–Crippen LogP) is 1.42. The van der Waals surface area contributed by atoms with Crippen molar-refractivity contribution >= 4 is 17.8 Å². The monoisotopic (exact) mass is 422 g/mol. The Morgan fingerprint density at radius 2 is 2.03 bits per heavy atom. The first-order chi connectivity index (χ1) is 14.1. The zero-order valence-corrected chi connectivity index (χ0v) is 18.2. The molecule has 8 heteroatoms. The van der Waals surface area contributed by atoms with Gasteiger partial charge in [0, 0.05) is 25.2 Å². The molecule has 8 nitrogen and oxygen atoms in total. The summed E-state index contributed by atoms with van der Waals surface area (Å²) in [6, 6.07) is -0.836. The number of hydrogen-bond donors (Lipinski definition) is 2. The predicted molar refractivity (Wildman–Crippen MR) is 110 cm³/mol. The lowest BCUT2D eigenvalue weighted by Crippen LogP contribution is -2.59. The normalized spacial score (nSPS) is 32.4. The molecular weight excluding hydrogens is 388 g/mol. The molecule has 3 saturated heterocycles. The Labute approximate surface area is 177 Å². The van der Waals surface area contributed by atoms with E-state index in [1.54, 1.807) is 15.9 Å². The zero-order valence-electron chi connectivity index (χ0n) is 18.2. The molecule has 0 aromatic carbocycles. The maximum absolute atomic E-state index is 13.8. The number of hydrogen-bond acceptors (Lipinski definition) is 5. The van der Waals surface area contributed by atoms with E-state index in [1.807, 2.05) is 20.8 Å². The van der Waals surface area contributed by atoms with Crippen LogP contribution in [0.1, 0.15) is 52.9 Å². The van der Waals surface area contributed by atoms with Crippen LogP contribution in [0.25, 0.3) is 0 Å². The van der Waals surface area contributed by atoms with E-state index in [4.69, 9.17) is 9.84 Å². The van der Waals surface area contributed by atoms with Crippen LogP contribution >= 0.6 is 0 Å². The SMILES string of the molecule is C=CCN(C(=O)C1N(CCCCCO)C(=O)[C@@H]2[C@@H](C(=O)O)[C@H]3CCC12O3)C(C)(C)C. The minimum atomic E-state index is -1.08. The number of amides is 2. The summed E-state index contributed by atoms with van der Waals surface area (Å²) in [5.41, 5.74) is -1.57. The van der Waals surface area contributed by atoms with Gasteiger partial charge in [-0.25, -0.2) is 0 Å². The number of aliphatic hydroxyl groups excluding tert-OH is 1. The number of nitrogens with zero attached hydrogens (tertiary/aromatic N) is 2. The highest BCUT2D eigenvalue weighted by Gasteiger charge is 2.74. The van der Waals surface area contributed by atoms with Crippen molar-refractivity contribution < 1.29 is 29.3 Å². The summed E-state index contributed by atoms with van der Waals surface area (Å²) in [7, 11) is 0. The van der Waals surface area contributed by atoms with Crippen LogP contribution in [0.5, 0.6) is 0 Å². The number of aliphatic hydroxyl groups is 1. The number of aliphatic carboxylic acids is 1. The molecule has 3 aliphatic heterocycles. The summed E-state index contributed by atoms with van der Waals surface area (Å²) in [6.07, 6.45) is 4.17. The van der Waals surface area contributed by atoms with E-state index in [0.717, 1.165) is 6.42 Å². The molecule has 3 aliphatic rings. The molecule has 3 rings (SSSR count). The lowest BCUT2D eigenvalue weighted by Gasteiger charge is -2.42. The molecule has 168 valence electrons. The molecular formula is C22H34N2O6. The van der Waals surface area contributed by atoms with Gasteiger partial charge in [-0.05, 0) is 52.9 Å². The van der Waals surface area contributed by atoms with Crippen LogP contribution in [0.3, 0.4) is 0 Å². The third-order valence-electron chi connectivity index (χ3n) is 6.76. The quantitative estimate of drug-likeness (QED) is 0.430. The minimum absolute atomic E-state index is 0.0753. The maximum Gasteiger partial charge on any atom is 0.310 e. The van der Waals surface area contributed by atoms with E-state index in [2.05, 4.69) is 6.58 Å². The third-order valence-corrected chi connectivity index (χ3v) is 6.76. The van der Waals surface area contributed by atoms with E-state index < -0.39 is 41.1 Å². The Morgan fingerprint density at radius 1 is 1.33 bits per heavy atom. The van der Waals surface area contributed by atoms with Crippen LogP contribution < -0.4 is 0 Å². The summed E-state index contributed by atoms with van der Waals surface area (Å²) in [4.78, 5) is 42.5. The first-order valence-electron chi connectivity index (χ1n) is 10.8. The molecule has 2 bridgehead atoms. The molecule has 0 radical (unpaired) electrons. The van der Waals surface area contributed by atoms with Crippen LogP contribution in [0.4, 0.5) is 0 Å². The summed E-state index contributed by atoms with van der Waals surface area (Å²) in [5.74, 6) is -3.28. The number of likely N-dealkylation sites (tertiary alicyclic amines) is 1. The standard InChI is InChI=1S/C22H34N2O6/c1-5-11-24(21(2,3)4)19(27)17-22-10-9-14(30-22)15(20(28)29)16(22)18(26)23(17)12-7-6-8-13-25/h5,14-17,25H,1,6-13H2,2-4H3,(H,28,29)/t14-,15+,16+,17?,22?/m1/s1. The molecule has 2 amide bonds. The van der Waals surface area contributed by atoms with Gasteiger partial charge in [0.1, 0.15) is 11.6 Å². The first kappa shape index (κ1) is 22.7. The number of ether oxygens (including phenoxy) is 1. The van der Waals surface area contributed by atoms with Crippen molar-refractivity contribution in [3.8, 4) is 0 Å². The lowest BCUT2D eigenvalue weighted by molar-refractivity contribution is -0.152. The van der Waals surface area contributed by atoms with Gasteiger partial charge < -0.3 is 24.7 Å². The Hall–Kier alpha value is -1.93. The fraction of sp³-hybridized carbons (Fsp3) is 0.773. The highest BCUT2D eigenvalue weighted by molar-refractivity contribution is 5.98. The van der Waals surface area contributed by atoms with Crippen molar-refractivity contribution in [1.82, 2.24) is 9.80 Å². The Morgan fingerprint density at radius 3 is 2.60 bits per heavy atom. The average Bonchev–Trinajstić information content (AvgIpc) is 3.29. The van der Waals surface area contributed by atoms with Crippen molar-refractivity contribution in [3.05, 3.63) is 12.7 Å². The van der Waals surface area contributed by atoms with E-state index in [0.29, 0.717) is 38.8 Å². The Bertz CT molecular complexity index is 717. The number of fused-ring (bicyclic) bond motifs is 1. The second-order valence-electron chi connectivity index (χ2n) is 9.62. The number of unbranched alkanes of at least 4 members (excludes halogenated alkanes) is 2. The topological polar surface area (TPSA) is 107 Å². The number of carboxylic acids is 1. The second kappa shape index (κ2) is 8.30. The first-order valence-corrected chi connectivity index (χ1v) is 10.8. The van der Waals surface area contributed by atoms with Gasteiger partial charge in [-0.3, -0.25) is 14.4 Å². The molecule has 2 N–H and O–H groups in total. The van der Waals surface area contributed by atoms with Gasteiger partial charge in [0.05, 0.1) is 17.9 Å². The van der Waals surface area contributed by atoms with Crippen molar-refractivity contribution in [3.63, 3.8) is 0 Å². The van der Waals surface area contributed by atoms with E-state index in [9.17, 15) is 19.5 Å². The fourth-order valence-corrected chi connectivity index (χ4v) is 5.50. The minimum Gasteiger partial charge on any atom is -0.481 e. The van der Waals surface area contributed by atoms with Crippen LogP contribution in [0.15, 0.2) is 12.7 Å². The van der Waals surface area contributed by atoms with E-state index >= 15 is 0 Å². The van der Waals surface area contributed by atoms with Crippen molar-refractivity contribution in [2.75, 3.05) is 19.7 Å². The van der Waals surface area contributed by atoms with Crippen molar-refractivity contribution in [2.45, 2.75) is 76.2 Å². The smallest absolute Gasteiger partial charge is 0.310 e. The lowest BCUT2D eigenvalue weighted by atomic mass is 9.70. The summed E-state index contributed by atoms with van der Waals surface area (Å²) < 4.78 is 6.20.